The molecule has 0 saturated carbocycles. The standard InChI is InChI=1S/C65H125NO5/c1-3-5-7-9-11-13-37-41-45-49-53-57-63(68)62(61-67)66-64(69)58-54-50-46-42-39-35-33-31-29-27-25-23-21-19-17-15-16-18-20-22-24-26-28-30-32-34-36-40-44-48-52-56-60-71-65(70)59-55-51-47-43-38-14-12-10-8-6-4-2/h18,20,53,57,62-63,67-68H,3-17,19,21-52,54-56,58-61H2,1-2H3,(H,66,69)/b20-18-,57-53+. The molecule has 6 nitrogen and oxygen atoms in total. The van der Waals surface area contributed by atoms with Gasteiger partial charge in [-0.15, -0.1) is 0 Å². The third kappa shape index (κ3) is 57.5. The van der Waals surface area contributed by atoms with Gasteiger partial charge in [-0.1, -0.05) is 308 Å². The molecule has 0 saturated heterocycles. The lowest BCUT2D eigenvalue weighted by atomic mass is 10.0. The molecule has 0 aromatic rings. The van der Waals surface area contributed by atoms with Crippen molar-refractivity contribution in [3.05, 3.63) is 24.3 Å². The molecule has 0 aromatic carbocycles. The number of nitrogens with one attached hydrogen (secondary N) is 1. The van der Waals surface area contributed by atoms with E-state index in [-0.39, 0.29) is 18.5 Å². The zero-order chi connectivity index (χ0) is 51.4. The Kier molecular flexibility index (Phi) is 59.5. The van der Waals surface area contributed by atoms with Crippen LogP contribution in [0.2, 0.25) is 0 Å². The van der Waals surface area contributed by atoms with Gasteiger partial charge in [0, 0.05) is 12.8 Å². The van der Waals surface area contributed by atoms with Gasteiger partial charge in [-0.25, -0.2) is 0 Å². The van der Waals surface area contributed by atoms with Gasteiger partial charge in [-0.05, 0) is 57.8 Å². The summed E-state index contributed by atoms with van der Waals surface area (Å²) in [6.45, 7) is 4.91. The quantitative estimate of drug-likeness (QED) is 0.0320. The third-order valence-corrected chi connectivity index (χ3v) is 15.0. The van der Waals surface area contributed by atoms with Crippen molar-refractivity contribution in [1.82, 2.24) is 5.32 Å². The number of hydrogen-bond acceptors (Lipinski definition) is 5. The van der Waals surface area contributed by atoms with Crippen LogP contribution in [0.4, 0.5) is 0 Å². The second-order valence-electron chi connectivity index (χ2n) is 22.1. The summed E-state index contributed by atoms with van der Waals surface area (Å²) < 4.78 is 5.47. The molecule has 0 aliphatic carbocycles. The van der Waals surface area contributed by atoms with E-state index in [4.69, 9.17) is 4.74 Å². The second-order valence-corrected chi connectivity index (χ2v) is 22.1. The number of esters is 1. The Balaban J connectivity index is 3.35. The molecular weight excluding hydrogens is 875 g/mol. The summed E-state index contributed by atoms with van der Waals surface area (Å²) in [6, 6.07) is -0.624. The van der Waals surface area contributed by atoms with Crippen LogP contribution >= 0.6 is 0 Å². The van der Waals surface area contributed by atoms with E-state index < -0.39 is 12.1 Å². The number of aliphatic hydroxyl groups excluding tert-OH is 2. The van der Waals surface area contributed by atoms with Crippen LogP contribution in [0, 0.1) is 0 Å². The first kappa shape index (κ1) is 69.3. The van der Waals surface area contributed by atoms with Gasteiger partial charge in [0.1, 0.15) is 0 Å². The van der Waals surface area contributed by atoms with Gasteiger partial charge < -0.3 is 20.3 Å². The van der Waals surface area contributed by atoms with Crippen molar-refractivity contribution in [2.75, 3.05) is 13.2 Å². The first-order valence-corrected chi connectivity index (χ1v) is 32.1. The fourth-order valence-corrected chi connectivity index (χ4v) is 10.0. The Morgan fingerprint density at radius 2 is 0.662 bits per heavy atom. The normalized spacial score (nSPS) is 12.7. The number of ether oxygens (including phenoxy) is 1. The monoisotopic (exact) mass is 1000 g/mol. The zero-order valence-corrected chi connectivity index (χ0v) is 48.0. The lowest BCUT2D eigenvalue weighted by Crippen LogP contribution is -2.45. The number of rotatable bonds is 60. The second kappa shape index (κ2) is 60.9. The van der Waals surface area contributed by atoms with Gasteiger partial charge in [0.25, 0.3) is 0 Å². The minimum atomic E-state index is -0.840. The molecule has 2 atom stereocenters. The highest BCUT2D eigenvalue weighted by molar-refractivity contribution is 5.76. The minimum Gasteiger partial charge on any atom is -0.466 e. The van der Waals surface area contributed by atoms with E-state index in [0.717, 1.165) is 38.5 Å². The van der Waals surface area contributed by atoms with Crippen LogP contribution in [0.25, 0.3) is 0 Å². The van der Waals surface area contributed by atoms with Crippen LogP contribution in [0.3, 0.4) is 0 Å². The van der Waals surface area contributed by atoms with Gasteiger partial charge in [-0.3, -0.25) is 9.59 Å². The smallest absolute Gasteiger partial charge is 0.305 e. The molecule has 0 bridgehead atoms. The van der Waals surface area contributed by atoms with Gasteiger partial charge in [0.05, 0.1) is 25.4 Å². The summed E-state index contributed by atoms with van der Waals surface area (Å²) in [5, 5.41) is 23.0. The molecule has 71 heavy (non-hydrogen) atoms. The number of allylic oxidation sites excluding steroid dienone is 3. The number of carbonyl (C=O) groups excluding carboxylic acids is 2. The molecule has 6 heteroatoms. The average Bonchev–Trinajstić information content (AvgIpc) is 3.37. The van der Waals surface area contributed by atoms with Crippen LogP contribution < -0.4 is 5.32 Å². The first-order chi connectivity index (χ1) is 35.0. The number of aliphatic hydroxyl groups is 2. The highest BCUT2D eigenvalue weighted by Crippen LogP contribution is 2.18. The number of hydrogen-bond donors (Lipinski definition) is 3. The van der Waals surface area contributed by atoms with Crippen LogP contribution in [0.15, 0.2) is 24.3 Å². The summed E-state index contributed by atoms with van der Waals surface area (Å²) >= 11 is 0. The Labute approximate surface area is 443 Å². The van der Waals surface area contributed by atoms with Crippen molar-refractivity contribution in [3.8, 4) is 0 Å². The largest absolute Gasteiger partial charge is 0.466 e. The Hall–Kier alpha value is -1.66. The van der Waals surface area contributed by atoms with Crippen LogP contribution in [0.1, 0.15) is 354 Å². The SMILES string of the molecule is CCCCCCCCCCC/C=C/C(O)C(CO)NC(=O)CCCCCCCCCCCCCCCCCC/C=C\CCCCCCCCCCCCCCOC(=O)CCCCCCCCCCCCC. The predicted molar refractivity (Wildman–Crippen MR) is 310 cm³/mol. The molecular formula is C65H125NO5. The fourth-order valence-electron chi connectivity index (χ4n) is 10.0. The van der Waals surface area contributed by atoms with E-state index in [1.54, 1.807) is 6.08 Å². The summed E-state index contributed by atoms with van der Waals surface area (Å²) in [4.78, 5) is 24.4. The maximum absolute atomic E-state index is 12.4. The van der Waals surface area contributed by atoms with Crippen molar-refractivity contribution in [1.29, 1.82) is 0 Å². The van der Waals surface area contributed by atoms with Crippen molar-refractivity contribution in [2.24, 2.45) is 0 Å². The maximum Gasteiger partial charge on any atom is 0.305 e. The lowest BCUT2D eigenvalue weighted by Gasteiger charge is -2.20. The summed E-state index contributed by atoms with van der Waals surface area (Å²) in [7, 11) is 0. The van der Waals surface area contributed by atoms with Crippen molar-refractivity contribution in [3.63, 3.8) is 0 Å². The molecule has 1 amide bonds. The molecule has 0 heterocycles. The third-order valence-electron chi connectivity index (χ3n) is 15.0. The number of unbranched alkanes of at least 4 members (excludes halogenated alkanes) is 47. The van der Waals surface area contributed by atoms with Crippen LogP contribution in [0.5, 0.6) is 0 Å². The number of carbonyl (C=O) groups is 2. The number of amides is 1. The van der Waals surface area contributed by atoms with E-state index >= 15 is 0 Å². The molecule has 0 radical (unpaired) electrons. The van der Waals surface area contributed by atoms with E-state index in [0.29, 0.717) is 19.4 Å². The summed E-state index contributed by atoms with van der Waals surface area (Å²) in [5.74, 6) is -0.0476. The van der Waals surface area contributed by atoms with Crippen LogP contribution in [-0.2, 0) is 14.3 Å². The van der Waals surface area contributed by atoms with Crippen LogP contribution in [-0.4, -0.2) is 47.4 Å². The summed E-state index contributed by atoms with van der Waals surface area (Å²) in [5.41, 5.74) is 0. The molecule has 0 aromatic heterocycles. The van der Waals surface area contributed by atoms with Gasteiger partial charge in [0.15, 0.2) is 0 Å². The lowest BCUT2D eigenvalue weighted by molar-refractivity contribution is -0.143. The van der Waals surface area contributed by atoms with Gasteiger partial charge in [0.2, 0.25) is 5.91 Å². The minimum absolute atomic E-state index is 0.0178. The van der Waals surface area contributed by atoms with E-state index in [1.807, 2.05) is 6.08 Å². The molecule has 3 N–H and O–H groups in total. The Morgan fingerprint density at radius 1 is 0.380 bits per heavy atom. The Bertz CT molecular complexity index is 1110. The highest BCUT2D eigenvalue weighted by Gasteiger charge is 2.18. The molecule has 420 valence electrons. The predicted octanol–water partition coefficient (Wildman–Crippen LogP) is 20.2. The molecule has 0 spiro atoms. The van der Waals surface area contributed by atoms with Crippen molar-refractivity contribution in [2.45, 2.75) is 366 Å². The molecule has 2 unspecified atom stereocenters. The van der Waals surface area contributed by atoms with Gasteiger partial charge in [-0.2, -0.15) is 0 Å². The first-order valence-electron chi connectivity index (χ1n) is 32.1. The molecule has 0 aliphatic heterocycles. The summed E-state index contributed by atoms with van der Waals surface area (Å²) in [6.07, 6.45) is 75.3. The molecule has 0 fully saturated rings. The fraction of sp³-hybridized carbons (Fsp3) is 0.908. The molecule has 0 rings (SSSR count). The Morgan fingerprint density at radius 3 is 1.00 bits per heavy atom. The average molecular weight is 1000 g/mol. The highest BCUT2D eigenvalue weighted by atomic mass is 16.5. The van der Waals surface area contributed by atoms with E-state index in [2.05, 4.69) is 31.3 Å². The topological polar surface area (TPSA) is 95.9 Å². The zero-order valence-electron chi connectivity index (χ0n) is 48.0. The van der Waals surface area contributed by atoms with Crippen molar-refractivity contribution < 1.29 is 24.5 Å². The molecule has 0 aliphatic rings. The maximum atomic E-state index is 12.4. The van der Waals surface area contributed by atoms with Crippen molar-refractivity contribution >= 4 is 11.9 Å². The van der Waals surface area contributed by atoms with Gasteiger partial charge >= 0.3 is 5.97 Å². The van der Waals surface area contributed by atoms with E-state index in [1.165, 1.54) is 289 Å². The van der Waals surface area contributed by atoms with E-state index in [9.17, 15) is 19.8 Å².